The summed E-state index contributed by atoms with van der Waals surface area (Å²) in [5, 5.41) is 3.60. The SMILES string of the molecule is CC(C)CNCC(CC1CCCO1)c1ccc(Br)cc1. The van der Waals surface area contributed by atoms with Gasteiger partial charge >= 0.3 is 0 Å². The van der Waals surface area contributed by atoms with Crippen molar-refractivity contribution in [1.29, 1.82) is 0 Å². The van der Waals surface area contributed by atoms with Crippen LogP contribution in [0.5, 0.6) is 0 Å². The van der Waals surface area contributed by atoms with E-state index in [4.69, 9.17) is 4.74 Å². The van der Waals surface area contributed by atoms with Gasteiger partial charge in [0.05, 0.1) is 6.10 Å². The van der Waals surface area contributed by atoms with E-state index < -0.39 is 0 Å². The van der Waals surface area contributed by atoms with Crippen LogP contribution in [0.1, 0.15) is 44.6 Å². The number of ether oxygens (including phenoxy) is 1. The van der Waals surface area contributed by atoms with Gasteiger partial charge in [0.2, 0.25) is 0 Å². The zero-order chi connectivity index (χ0) is 14.4. The van der Waals surface area contributed by atoms with Crippen LogP contribution in [-0.4, -0.2) is 25.8 Å². The van der Waals surface area contributed by atoms with Gasteiger partial charge in [-0.1, -0.05) is 41.9 Å². The Labute approximate surface area is 131 Å². The fraction of sp³-hybridized carbons (Fsp3) is 0.647. The Hall–Kier alpha value is -0.380. The molecule has 0 bridgehead atoms. The lowest BCUT2D eigenvalue weighted by molar-refractivity contribution is 0.0976. The molecule has 1 N–H and O–H groups in total. The first-order valence-corrected chi connectivity index (χ1v) is 8.52. The topological polar surface area (TPSA) is 21.3 Å². The molecule has 3 heteroatoms. The van der Waals surface area contributed by atoms with Crippen molar-refractivity contribution in [2.45, 2.75) is 45.1 Å². The van der Waals surface area contributed by atoms with Crippen LogP contribution in [0.25, 0.3) is 0 Å². The molecule has 2 atom stereocenters. The molecule has 1 aromatic rings. The Balaban J connectivity index is 1.96. The van der Waals surface area contributed by atoms with Gasteiger partial charge in [0, 0.05) is 17.6 Å². The highest BCUT2D eigenvalue weighted by Gasteiger charge is 2.21. The number of hydrogen-bond donors (Lipinski definition) is 1. The third-order valence-electron chi connectivity index (χ3n) is 3.86. The molecule has 1 saturated heterocycles. The lowest BCUT2D eigenvalue weighted by atomic mass is 9.92. The van der Waals surface area contributed by atoms with E-state index >= 15 is 0 Å². The highest BCUT2D eigenvalue weighted by Crippen LogP contribution is 2.27. The van der Waals surface area contributed by atoms with Crippen molar-refractivity contribution in [3.63, 3.8) is 0 Å². The van der Waals surface area contributed by atoms with E-state index in [0.29, 0.717) is 17.9 Å². The molecule has 0 radical (unpaired) electrons. The third kappa shape index (κ3) is 5.19. The predicted octanol–water partition coefficient (Wildman–Crippen LogP) is 4.35. The second kappa shape index (κ2) is 8.16. The van der Waals surface area contributed by atoms with Crippen LogP contribution in [0.15, 0.2) is 28.7 Å². The highest BCUT2D eigenvalue weighted by atomic mass is 79.9. The standard InChI is InChI=1S/C17H26BrNO/c1-13(2)11-19-12-15(10-17-4-3-9-20-17)14-5-7-16(18)8-6-14/h5-8,13,15,17,19H,3-4,9-12H2,1-2H3. The molecule has 20 heavy (non-hydrogen) atoms. The summed E-state index contributed by atoms with van der Waals surface area (Å²) in [7, 11) is 0. The zero-order valence-electron chi connectivity index (χ0n) is 12.6. The Morgan fingerprint density at radius 2 is 2.00 bits per heavy atom. The summed E-state index contributed by atoms with van der Waals surface area (Å²) in [5.41, 5.74) is 1.42. The van der Waals surface area contributed by atoms with Gasteiger partial charge in [0.1, 0.15) is 0 Å². The van der Waals surface area contributed by atoms with E-state index in [0.717, 1.165) is 30.6 Å². The first-order chi connectivity index (χ1) is 9.65. The van der Waals surface area contributed by atoms with Crippen molar-refractivity contribution < 1.29 is 4.74 Å². The molecule has 0 saturated carbocycles. The number of hydrogen-bond acceptors (Lipinski definition) is 2. The summed E-state index contributed by atoms with van der Waals surface area (Å²) < 4.78 is 6.96. The smallest absolute Gasteiger partial charge is 0.0582 e. The molecule has 0 spiro atoms. The van der Waals surface area contributed by atoms with Crippen molar-refractivity contribution in [3.05, 3.63) is 34.3 Å². The number of benzene rings is 1. The van der Waals surface area contributed by atoms with E-state index in [2.05, 4.69) is 59.4 Å². The van der Waals surface area contributed by atoms with Crippen LogP contribution in [0, 0.1) is 5.92 Å². The summed E-state index contributed by atoms with van der Waals surface area (Å²) in [5.74, 6) is 1.24. The minimum absolute atomic E-state index is 0.449. The summed E-state index contributed by atoms with van der Waals surface area (Å²) in [4.78, 5) is 0. The van der Waals surface area contributed by atoms with Crippen LogP contribution < -0.4 is 5.32 Å². The normalized spacial score (nSPS) is 20.5. The third-order valence-corrected chi connectivity index (χ3v) is 4.38. The molecule has 2 unspecified atom stereocenters. The molecule has 0 amide bonds. The Morgan fingerprint density at radius 3 is 2.60 bits per heavy atom. The van der Waals surface area contributed by atoms with Crippen LogP contribution >= 0.6 is 15.9 Å². The Kier molecular flexibility index (Phi) is 6.53. The minimum Gasteiger partial charge on any atom is -0.378 e. The summed E-state index contributed by atoms with van der Waals surface area (Å²) >= 11 is 3.51. The molecule has 2 nitrogen and oxygen atoms in total. The average Bonchev–Trinajstić information content (AvgIpc) is 2.91. The molecule has 1 aliphatic heterocycles. The Morgan fingerprint density at radius 1 is 1.25 bits per heavy atom. The minimum atomic E-state index is 0.449. The lowest BCUT2D eigenvalue weighted by Gasteiger charge is -2.22. The number of halogens is 1. The van der Waals surface area contributed by atoms with Gasteiger partial charge in [-0.3, -0.25) is 0 Å². The molecule has 1 heterocycles. The van der Waals surface area contributed by atoms with Crippen molar-refractivity contribution in [3.8, 4) is 0 Å². The van der Waals surface area contributed by atoms with Gasteiger partial charge in [-0.2, -0.15) is 0 Å². The second-order valence-corrected chi connectivity index (χ2v) is 7.09. The maximum Gasteiger partial charge on any atom is 0.0582 e. The summed E-state index contributed by atoms with van der Waals surface area (Å²) in [6, 6.07) is 8.75. The lowest BCUT2D eigenvalue weighted by Crippen LogP contribution is -2.27. The average molecular weight is 340 g/mol. The van der Waals surface area contributed by atoms with Gasteiger partial charge in [0.25, 0.3) is 0 Å². The van der Waals surface area contributed by atoms with Gasteiger partial charge in [-0.05, 0) is 55.3 Å². The van der Waals surface area contributed by atoms with E-state index in [-0.39, 0.29) is 0 Å². The van der Waals surface area contributed by atoms with Gasteiger partial charge in [-0.15, -0.1) is 0 Å². The molecule has 112 valence electrons. The molecule has 0 aromatic heterocycles. The predicted molar refractivity (Wildman–Crippen MR) is 88.2 cm³/mol. The van der Waals surface area contributed by atoms with Crippen LogP contribution in [-0.2, 0) is 4.74 Å². The quantitative estimate of drug-likeness (QED) is 0.797. The number of rotatable bonds is 7. The molecule has 1 fully saturated rings. The molecular weight excluding hydrogens is 314 g/mol. The number of nitrogens with one attached hydrogen (secondary N) is 1. The highest BCUT2D eigenvalue weighted by molar-refractivity contribution is 9.10. The van der Waals surface area contributed by atoms with Crippen molar-refractivity contribution in [2.75, 3.05) is 19.7 Å². The molecule has 1 aromatic carbocycles. The zero-order valence-corrected chi connectivity index (χ0v) is 14.2. The molecular formula is C17H26BrNO. The van der Waals surface area contributed by atoms with E-state index in [1.165, 1.54) is 18.4 Å². The van der Waals surface area contributed by atoms with Crippen molar-refractivity contribution in [1.82, 2.24) is 5.32 Å². The monoisotopic (exact) mass is 339 g/mol. The molecule has 1 aliphatic rings. The van der Waals surface area contributed by atoms with E-state index in [1.807, 2.05) is 0 Å². The fourth-order valence-electron chi connectivity index (χ4n) is 2.77. The summed E-state index contributed by atoms with van der Waals surface area (Å²) in [6.45, 7) is 7.57. The van der Waals surface area contributed by atoms with Gasteiger partial charge in [-0.25, -0.2) is 0 Å². The van der Waals surface area contributed by atoms with Crippen LogP contribution in [0.2, 0.25) is 0 Å². The first-order valence-electron chi connectivity index (χ1n) is 7.73. The van der Waals surface area contributed by atoms with Crippen molar-refractivity contribution in [2.24, 2.45) is 5.92 Å². The largest absolute Gasteiger partial charge is 0.378 e. The van der Waals surface area contributed by atoms with Crippen LogP contribution in [0.3, 0.4) is 0 Å². The van der Waals surface area contributed by atoms with Gasteiger partial charge in [0.15, 0.2) is 0 Å². The Bertz CT molecular complexity index is 384. The molecule has 0 aliphatic carbocycles. The summed E-state index contributed by atoms with van der Waals surface area (Å²) in [6.07, 6.45) is 4.02. The maximum atomic E-state index is 5.82. The maximum absolute atomic E-state index is 5.82. The fourth-order valence-corrected chi connectivity index (χ4v) is 3.03. The van der Waals surface area contributed by atoms with E-state index in [9.17, 15) is 0 Å². The van der Waals surface area contributed by atoms with Crippen molar-refractivity contribution >= 4 is 15.9 Å². The molecule has 2 rings (SSSR count). The van der Waals surface area contributed by atoms with E-state index in [1.54, 1.807) is 0 Å². The van der Waals surface area contributed by atoms with Gasteiger partial charge < -0.3 is 10.1 Å². The second-order valence-electron chi connectivity index (χ2n) is 6.17. The van der Waals surface area contributed by atoms with Crippen LogP contribution in [0.4, 0.5) is 0 Å². The first kappa shape index (κ1) is 16.0.